The van der Waals surface area contributed by atoms with Crippen molar-refractivity contribution in [3.63, 3.8) is 0 Å². The second kappa shape index (κ2) is 4.89. The topological polar surface area (TPSA) is 69.7 Å². The van der Waals surface area contributed by atoms with Gasteiger partial charge in [-0.3, -0.25) is 4.79 Å². The summed E-state index contributed by atoms with van der Waals surface area (Å²) in [6.45, 7) is 0.112. The van der Waals surface area contributed by atoms with Gasteiger partial charge in [0.1, 0.15) is 0 Å². The van der Waals surface area contributed by atoms with Crippen molar-refractivity contribution in [1.82, 2.24) is 0 Å². The summed E-state index contributed by atoms with van der Waals surface area (Å²) in [5, 5.41) is 0. The summed E-state index contributed by atoms with van der Waals surface area (Å²) >= 11 is 0. The van der Waals surface area contributed by atoms with Crippen molar-refractivity contribution in [2.75, 3.05) is 13.0 Å². The highest BCUT2D eigenvalue weighted by Crippen LogP contribution is 2.38. The Morgan fingerprint density at radius 3 is 2.48 bits per heavy atom. The molecule has 1 aliphatic rings. The molecule has 0 fully saturated rings. The van der Waals surface area contributed by atoms with Crippen LogP contribution in [0.2, 0.25) is 0 Å². The van der Waals surface area contributed by atoms with Gasteiger partial charge in [-0.05, 0) is 35.4 Å². The third kappa shape index (κ3) is 2.50. The van der Waals surface area contributed by atoms with E-state index in [1.54, 1.807) is 30.3 Å². The van der Waals surface area contributed by atoms with E-state index in [2.05, 4.69) is 0 Å². The van der Waals surface area contributed by atoms with Crippen molar-refractivity contribution in [1.29, 1.82) is 0 Å². The zero-order chi connectivity index (χ0) is 15.0. The summed E-state index contributed by atoms with van der Waals surface area (Å²) in [6, 6.07) is 9.74. The maximum atomic E-state index is 11.6. The zero-order valence-electron chi connectivity index (χ0n) is 11.2. The van der Waals surface area contributed by atoms with Crippen LogP contribution >= 0.6 is 0 Å². The summed E-state index contributed by atoms with van der Waals surface area (Å²) in [7, 11) is -3.31. The van der Waals surface area contributed by atoms with E-state index >= 15 is 0 Å². The number of hydrogen-bond acceptors (Lipinski definition) is 5. The van der Waals surface area contributed by atoms with E-state index in [1.165, 1.54) is 6.07 Å². The van der Waals surface area contributed by atoms with E-state index in [0.29, 0.717) is 34.5 Å². The zero-order valence-corrected chi connectivity index (χ0v) is 12.0. The Balaban J connectivity index is 2.19. The minimum absolute atomic E-state index is 0.112. The molecule has 0 N–H and O–H groups in total. The number of hydrogen-bond donors (Lipinski definition) is 0. The highest BCUT2D eigenvalue weighted by Gasteiger charge is 2.18. The third-order valence-electron chi connectivity index (χ3n) is 3.24. The average Bonchev–Trinajstić information content (AvgIpc) is 2.92. The first-order valence-electron chi connectivity index (χ1n) is 6.18. The molecule has 108 valence electrons. The summed E-state index contributed by atoms with van der Waals surface area (Å²) in [5.74, 6) is 1.06. The van der Waals surface area contributed by atoms with Gasteiger partial charge in [-0.2, -0.15) is 0 Å². The molecule has 1 aliphatic heterocycles. The van der Waals surface area contributed by atoms with E-state index in [9.17, 15) is 13.2 Å². The molecule has 2 aromatic carbocycles. The van der Waals surface area contributed by atoms with Gasteiger partial charge in [-0.1, -0.05) is 12.1 Å². The van der Waals surface area contributed by atoms with Gasteiger partial charge in [0.25, 0.3) is 0 Å². The molecule has 0 aromatic heterocycles. The molecule has 0 saturated heterocycles. The summed E-state index contributed by atoms with van der Waals surface area (Å²) < 4.78 is 33.8. The first-order valence-corrected chi connectivity index (χ1v) is 8.07. The molecule has 0 spiro atoms. The van der Waals surface area contributed by atoms with Crippen LogP contribution in [0.1, 0.15) is 10.4 Å². The molecular formula is C15H12O5S. The lowest BCUT2D eigenvalue weighted by Gasteiger charge is -2.08. The molecule has 0 unspecified atom stereocenters. The first kappa shape index (κ1) is 13.6. The Hall–Kier alpha value is -2.34. The van der Waals surface area contributed by atoms with Crippen LogP contribution in [0.15, 0.2) is 41.3 Å². The van der Waals surface area contributed by atoms with Crippen molar-refractivity contribution in [2.45, 2.75) is 4.90 Å². The molecule has 0 radical (unpaired) electrons. The molecule has 0 amide bonds. The number of carbonyl (C=O) groups excluding carboxylic acids is 1. The molecule has 0 saturated carbocycles. The highest BCUT2D eigenvalue weighted by atomic mass is 32.2. The largest absolute Gasteiger partial charge is 0.454 e. The summed E-state index contributed by atoms with van der Waals surface area (Å²) in [6.07, 6.45) is 1.86. The maximum absolute atomic E-state index is 11.6. The van der Waals surface area contributed by atoms with Gasteiger partial charge in [0.05, 0.1) is 4.90 Å². The van der Waals surface area contributed by atoms with Crippen LogP contribution in [0, 0.1) is 0 Å². The van der Waals surface area contributed by atoms with Gasteiger partial charge in [-0.15, -0.1) is 0 Å². The summed E-state index contributed by atoms with van der Waals surface area (Å²) in [5.41, 5.74) is 1.67. The van der Waals surface area contributed by atoms with Gasteiger partial charge in [0.2, 0.25) is 6.79 Å². The number of benzene rings is 2. The molecule has 0 aliphatic carbocycles. The van der Waals surface area contributed by atoms with Crippen LogP contribution in [0.3, 0.4) is 0 Å². The lowest BCUT2D eigenvalue weighted by atomic mass is 9.99. The van der Waals surface area contributed by atoms with Crippen molar-refractivity contribution < 1.29 is 22.7 Å². The first-order chi connectivity index (χ1) is 9.99. The van der Waals surface area contributed by atoms with E-state index in [4.69, 9.17) is 9.47 Å². The van der Waals surface area contributed by atoms with Crippen LogP contribution in [-0.4, -0.2) is 27.8 Å². The fourth-order valence-corrected chi connectivity index (χ4v) is 2.87. The molecule has 5 nitrogen and oxygen atoms in total. The standard InChI is InChI=1S/C15H12O5S/c1-21(17,18)12-4-2-3-10(5-12)13-7-15-14(19-9-20-15)6-11(13)8-16/h2-8H,9H2,1H3. The number of sulfone groups is 1. The number of carbonyl (C=O) groups is 1. The van der Waals surface area contributed by atoms with E-state index < -0.39 is 9.84 Å². The number of aldehydes is 1. The van der Waals surface area contributed by atoms with Crippen molar-refractivity contribution >= 4 is 16.1 Å². The maximum Gasteiger partial charge on any atom is 0.231 e. The van der Waals surface area contributed by atoms with E-state index in [0.717, 1.165) is 6.26 Å². The highest BCUT2D eigenvalue weighted by molar-refractivity contribution is 7.90. The molecule has 6 heteroatoms. The monoisotopic (exact) mass is 304 g/mol. The molecule has 3 rings (SSSR count). The number of fused-ring (bicyclic) bond motifs is 1. The predicted molar refractivity (Wildman–Crippen MR) is 76.5 cm³/mol. The second-order valence-electron chi connectivity index (χ2n) is 4.71. The molecule has 0 bridgehead atoms. The summed E-state index contributed by atoms with van der Waals surface area (Å²) in [4.78, 5) is 11.5. The van der Waals surface area contributed by atoms with Crippen LogP contribution in [0.5, 0.6) is 11.5 Å². The number of ether oxygens (including phenoxy) is 2. The minimum Gasteiger partial charge on any atom is -0.454 e. The Bertz CT molecular complexity index is 824. The molecule has 21 heavy (non-hydrogen) atoms. The van der Waals surface area contributed by atoms with Gasteiger partial charge in [-0.25, -0.2) is 8.42 Å². The quantitative estimate of drug-likeness (QED) is 0.814. The average molecular weight is 304 g/mol. The molecule has 1 heterocycles. The lowest BCUT2D eigenvalue weighted by molar-refractivity contribution is 0.112. The molecule has 2 aromatic rings. The molecule has 0 atom stereocenters. The fourth-order valence-electron chi connectivity index (χ4n) is 2.20. The third-order valence-corrected chi connectivity index (χ3v) is 4.36. The van der Waals surface area contributed by atoms with Gasteiger partial charge in [0.15, 0.2) is 27.6 Å². The van der Waals surface area contributed by atoms with Gasteiger partial charge in [0, 0.05) is 11.8 Å². The van der Waals surface area contributed by atoms with Gasteiger partial charge < -0.3 is 9.47 Å². The van der Waals surface area contributed by atoms with E-state index in [-0.39, 0.29) is 11.7 Å². The molecular weight excluding hydrogens is 292 g/mol. The van der Waals surface area contributed by atoms with Crippen molar-refractivity contribution in [3.8, 4) is 22.6 Å². The van der Waals surface area contributed by atoms with Crippen LogP contribution in [0.4, 0.5) is 0 Å². The van der Waals surface area contributed by atoms with Crippen LogP contribution < -0.4 is 9.47 Å². The van der Waals surface area contributed by atoms with Gasteiger partial charge >= 0.3 is 0 Å². The lowest BCUT2D eigenvalue weighted by Crippen LogP contribution is -1.97. The Morgan fingerprint density at radius 2 is 1.81 bits per heavy atom. The van der Waals surface area contributed by atoms with Crippen molar-refractivity contribution in [2.24, 2.45) is 0 Å². The van der Waals surface area contributed by atoms with E-state index in [1.807, 2.05) is 0 Å². The SMILES string of the molecule is CS(=O)(=O)c1cccc(-c2cc3c(cc2C=O)OCO3)c1. The van der Waals surface area contributed by atoms with Crippen LogP contribution in [0.25, 0.3) is 11.1 Å². The van der Waals surface area contributed by atoms with Crippen LogP contribution in [-0.2, 0) is 9.84 Å². The minimum atomic E-state index is -3.31. The number of rotatable bonds is 3. The Labute approximate surface area is 122 Å². The normalized spacial score (nSPS) is 13.2. The predicted octanol–water partition coefficient (Wildman–Crippen LogP) is 2.30. The Morgan fingerprint density at radius 1 is 1.10 bits per heavy atom. The Kier molecular flexibility index (Phi) is 3.17. The smallest absolute Gasteiger partial charge is 0.231 e. The van der Waals surface area contributed by atoms with Crippen molar-refractivity contribution in [3.05, 3.63) is 42.0 Å². The fraction of sp³-hybridized carbons (Fsp3) is 0.133. The second-order valence-corrected chi connectivity index (χ2v) is 6.73.